The van der Waals surface area contributed by atoms with Crippen LogP contribution in [0, 0.1) is 0 Å². The SMILES string of the molecule is c1ccc(-c2nc(-c3ccccc3)nc(-c3cccc4c3oc3c(-c5cc(-c6cccc7c6oc6ccccc67)cc6oc7ccccc7c56)cccc34)n2)cc1. The zero-order chi connectivity index (χ0) is 37.5. The number of rotatable bonds is 5. The smallest absolute Gasteiger partial charge is 0.167 e. The molecular formula is C51H29N3O3. The van der Waals surface area contributed by atoms with Gasteiger partial charge >= 0.3 is 0 Å². The fourth-order valence-corrected chi connectivity index (χ4v) is 8.33. The third-order valence-corrected chi connectivity index (χ3v) is 10.9. The number of aromatic nitrogens is 3. The molecule has 266 valence electrons. The highest BCUT2D eigenvalue weighted by Gasteiger charge is 2.23. The van der Waals surface area contributed by atoms with E-state index < -0.39 is 0 Å². The Kier molecular flexibility index (Phi) is 6.83. The van der Waals surface area contributed by atoms with Gasteiger partial charge in [0, 0.05) is 54.6 Å². The van der Waals surface area contributed by atoms with Crippen molar-refractivity contribution >= 4 is 65.8 Å². The van der Waals surface area contributed by atoms with Gasteiger partial charge in [-0.3, -0.25) is 0 Å². The first-order valence-corrected chi connectivity index (χ1v) is 18.9. The lowest BCUT2D eigenvalue weighted by Crippen LogP contribution is -2.00. The second kappa shape index (κ2) is 12.3. The molecule has 0 amide bonds. The van der Waals surface area contributed by atoms with Gasteiger partial charge in [0.1, 0.15) is 33.5 Å². The molecule has 0 spiro atoms. The van der Waals surface area contributed by atoms with Gasteiger partial charge in [0.05, 0.1) is 5.56 Å². The average Bonchev–Trinajstić information content (AvgIpc) is 3.98. The summed E-state index contributed by atoms with van der Waals surface area (Å²) < 4.78 is 20.2. The summed E-state index contributed by atoms with van der Waals surface area (Å²) in [5.74, 6) is 1.73. The highest BCUT2D eigenvalue weighted by Crippen LogP contribution is 2.46. The summed E-state index contributed by atoms with van der Waals surface area (Å²) in [5.41, 5.74) is 11.3. The first-order valence-electron chi connectivity index (χ1n) is 18.9. The molecule has 0 bridgehead atoms. The van der Waals surface area contributed by atoms with Crippen LogP contribution in [0.1, 0.15) is 0 Å². The summed E-state index contributed by atoms with van der Waals surface area (Å²) >= 11 is 0. The molecule has 0 aliphatic heterocycles. The molecule has 0 saturated heterocycles. The Morgan fingerprint density at radius 3 is 1.46 bits per heavy atom. The molecule has 8 aromatic carbocycles. The van der Waals surface area contributed by atoms with Crippen LogP contribution in [-0.4, -0.2) is 15.0 Å². The van der Waals surface area contributed by atoms with Crippen LogP contribution in [0.4, 0.5) is 0 Å². The monoisotopic (exact) mass is 731 g/mol. The van der Waals surface area contributed by atoms with Gasteiger partial charge in [-0.2, -0.15) is 0 Å². The topological polar surface area (TPSA) is 78.1 Å². The normalized spacial score (nSPS) is 11.9. The number of hydrogen-bond acceptors (Lipinski definition) is 6. The summed E-state index contributed by atoms with van der Waals surface area (Å²) in [6.07, 6.45) is 0. The fourth-order valence-electron chi connectivity index (χ4n) is 8.33. The van der Waals surface area contributed by atoms with Crippen molar-refractivity contribution in [1.29, 1.82) is 0 Å². The number of hydrogen-bond donors (Lipinski definition) is 0. The summed E-state index contributed by atoms with van der Waals surface area (Å²) in [4.78, 5) is 15.0. The summed E-state index contributed by atoms with van der Waals surface area (Å²) in [5, 5.41) is 6.20. The molecule has 6 nitrogen and oxygen atoms in total. The van der Waals surface area contributed by atoms with Gasteiger partial charge in [-0.15, -0.1) is 0 Å². The maximum Gasteiger partial charge on any atom is 0.167 e. The van der Waals surface area contributed by atoms with E-state index in [9.17, 15) is 0 Å². The lowest BCUT2D eigenvalue weighted by Gasteiger charge is -2.10. The Bertz CT molecular complexity index is 3470. The van der Waals surface area contributed by atoms with Crippen molar-refractivity contribution in [1.82, 2.24) is 15.0 Å². The Morgan fingerprint density at radius 1 is 0.281 bits per heavy atom. The van der Waals surface area contributed by atoms with E-state index in [1.165, 1.54) is 0 Å². The molecule has 12 rings (SSSR count). The number of fused-ring (bicyclic) bond motifs is 9. The van der Waals surface area contributed by atoms with E-state index in [0.29, 0.717) is 23.1 Å². The second-order valence-electron chi connectivity index (χ2n) is 14.3. The van der Waals surface area contributed by atoms with Crippen LogP contribution >= 0.6 is 0 Å². The van der Waals surface area contributed by atoms with E-state index in [1.54, 1.807) is 0 Å². The van der Waals surface area contributed by atoms with Crippen molar-refractivity contribution in [2.24, 2.45) is 0 Å². The minimum absolute atomic E-state index is 0.540. The second-order valence-corrected chi connectivity index (χ2v) is 14.3. The van der Waals surface area contributed by atoms with Gasteiger partial charge in [0.2, 0.25) is 0 Å². The fraction of sp³-hybridized carbons (Fsp3) is 0. The lowest BCUT2D eigenvalue weighted by molar-refractivity contribution is 0.668. The molecule has 0 aliphatic carbocycles. The average molecular weight is 732 g/mol. The van der Waals surface area contributed by atoms with E-state index in [2.05, 4.69) is 72.8 Å². The molecule has 12 aromatic rings. The van der Waals surface area contributed by atoms with Gasteiger partial charge < -0.3 is 13.3 Å². The van der Waals surface area contributed by atoms with Crippen molar-refractivity contribution in [3.05, 3.63) is 176 Å². The Labute approximate surface area is 325 Å². The van der Waals surface area contributed by atoms with Crippen LogP contribution in [0.25, 0.3) is 122 Å². The molecule has 0 aliphatic rings. The van der Waals surface area contributed by atoms with E-state index in [4.69, 9.17) is 28.2 Å². The van der Waals surface area contributed by atoms with E-state index in [-0.39, 0.29) is 0 Å². The third-order valence-electron chi connectivity index (χ3n) is 10.9. The van der Waals surface area contributed by atoms with Crippen LogP contribution in [0.5, 0.6) is 0 Å². The van der Waals surface area contributed by atoms with Crippen molar-refractivity contribution < 1.29 is 13.3 Å². The first kappa shape index (κ1) is 31.5. The molecule has 0 fully saturated rings. The van der Waals surface area contributed by atoms with Crippen LogP contribution in [0.15, 0.2) is 189 Å². The summed E-state index contributed by atoms with van der Waals surface area (Å²) in [7, 11) is 0. The molecule has 6 heteroatoms. The largest absolute Gasteiger partial charge is 0.456 e. The van der Waals surface area contributed by atoms with Gasteiger partial charge in [0.25, 0.3) is 0 Å². The first-order chi connectivity index (χ1) is 28.2. The molecule has 0 atom stereocenters. The van der Waals surface area contributed by atoms with Crippen molar-refractivity contribution in [2.45, 2.75) is 0 Å². The van der Waals surface area contributed by atoms with Gasteiger partial charge in [-0.1, -0.05) is 146 Å². The number of para-hydroxylation sites is 5. The Morgan fingerprint density at radius 2 is 0.772 bits per heavy atom. The predicted octanol–water partition coefficient (Wildman–Crippen LogP) is 13.9. The van der Waals surface area contributed by atoms with E-state index >= 15 is 0 Å². The molecule has 57 heavy (non-hydrogen) atoms. The summed E-state index contributed by atoms with van der Waals surface area (Å²) in [6.45, 7) is 0. The van der Waals surface area contributed by atoms with Crippen LogP contribution in [0.3, 0.4) is 0 Å². The number of nitrogens with zero attached hydrogens (tertiary/aromatic N) is 3. The molecule has 0 unspecified atom stereocenters. The van der Waals surface area contributed by atoms with Gasteiger partial charge in [0.15, 0.2) is 17.5 Å². The molecule has 0 radical (unpaired) electrons. The van der Waals surface area contributed by atoms with Crippen molar-refractivity contribution in [3.8, 4) is 56.4 Å². The molecule has 4 aromatic heterocycles. The minimum Gasteiger partial charge on any atom is -0.456 e. The zero-order valence-electron chi connectivity index (χ0n) is 30.3. The highest BCUT2D eigenvalue weighted by molar-refractivity contribution is 6.19. The van der Waals surface area contributed by atoms with Gasteiger partial charge in [-0.05, 0) is 41.5 Å². The lowest BCUT2D eigenvalue weighted by atomic mass is 9.93. The molecule has 4 heterocycles. The van der Waals surface area contributed by atoms with Crippen molar-refractivity contribution in [2.75, 3.05) is 0 Å². The highest BCUT2D eigenvalue weighted by atomic mass is 16.3. The zero-order valence-corrected chi connectivity index (χ0v) is 30.3. The number of furan rings is 3. The van der Waals surface area contributed by atoms with Crippen molar-refractivity contribution in [3.63, 3.8) is 0 Å². The summed E-state index contributed by atoms with van der Waals surface area (Å²) in [6, 6.07) is 59.7. The van der Waals surface area contributed by atoms with E-state index in [1.807, 2.05) is 103 Å². The van der Waals surface area contributed by atoms with Crippen LogP contribution in [-0.2, 0) is 0 Å². The maximum absolute atomic E-state index is 7.06. The Balaban J connectivity index is 1.11. The van der Waals surface area contributed by atoms with Crippen LogP contribution < -0.4 is 0 Å². The van der Waals surface area contributed by atoms with E-state index in [0.717, 1.165) is 99.2 Å². The standard InChI is InChI=1S/C51H29N3O3/c1-3-14-30(15-4-1)49-52-50(31-16-5-2-6-17-31)54-51(53-49)40-25-13-23-37-36-22-12-24-38(47(36)57-48(37)40)41-28-32(29-44-45(41)39-19-8-10-27-43(39)55-44)33-20-11-21-35-34-18-7-9-26-42(34)56-46(33)35/h1-29H. The number of benzene rings is 8. The quantitative estimate of drug-likeness (QED) is 0.175. The molecule has 0 saturated carbocycles. The Hall–Kier alpha value is -7.83. The predicted molar refractivity (Wildman–Crippen MR) is 229 cm³/mol. The van der Waals surface area contributed by atoms with Crippen LogP contribution in [0.2, 0.25) is 0 Å². The third kappa shape index (κ3) is 4.94. The maximum atomic E-state index is 7.06. The molecule has 0 N–H and O–H groups in total. The minimum atomic E-state index is 0.540. The molecular weight excluding hydrogens is 703 g/mol. The van der Waals surface area contributed by atoms with Gasteiger partial charge in [-0.25, -0.2) is 15.0 Å².